The highest BCUT2D eigenvalue weighted by molar-refractivity contribution is 7.99. The van der Waals surface area contributed by atoms with Gasteiger partial charge in [-0.05, 0) is 38.6 Å². The zero-order valence-electron chi connectivity index (χ0n) is 10.6. The van der Waals surface area contributed by atoms with Gasteiger partial charge in [0.15, 0.2) is 0 Å². The van der Waals surface area contributed by atoms with Crippen LogP contribution < -0.4 is 5.73 Å². The molecule has 0 atom stereocenters. The van der Waals surface area contributed by atoms with Gasteiger partial charge in [-0.25, -0.2) is 0 Å². The Morgan fingerprint density at radius 1 is 1.35 bits per heavy atom. The quantitative estimate of drug-likeness (QED) is 0.906. The highest BCUT2D eigenvalue weighted by Gasteiger charge is 2.15. The molecule has 0 saturated carbocycles. The van der Waals surface area contributed by atoms with E-state index in [-0.39, 0.29) is 0 Å². The lowest BCUT2D eigenvalue weighted by Gasteiger charge is -2.05. The normalized spacial score (nSPS) is 11.1. The Morgan fingerprint density at radius 3 is 2.59 bits per heavy atom. The van der Waals surface area contributed by atoms with E-state index in [2.05, 4.69) is 17.1 Å². The van der Waals surface area contributed by atoms with Gasteiger partial charge in [0.1, 0.15) is 10.1 Å². The van der Waals surface area contributed by atoms with Crippen molar-refractivity contribution in [1.29, 1.82) is 0 Å². The molecule has 5 nitrogen and oxygen atoms in total. The van der Waals surface area contributed by atoms with Crippen LogP contribution in [0.25, 0.3) is 0 Å². The van der Waals surface area contributed by atoms with Crippen molar-refractivity contribution in [3.05, 3.63) is 17.5 Å². The van der Waals surface area contributed by atoms with E-state index in [1.165, 1.54) is 0 Å². The van der Waals surface area contributed by atoms with Gasteiger partial charge >= 0.3 is 0 Å². The van der Waals surface area contributed by atoms with Gasteiger partial charge in [0.2, 0.25) is 0 Å². The van der Waals surface area contributed by atoms with Gasteiger partial charge in [-0.2, -0.15) is 10.2 Å². The summed E-state index contributed by atoms with van der Waals surface area (Å²) in [5.41, 5.74) is 8.70. The Morgan fingerprint density at radius 2 is 2.06 bits per heavy atom. The molecule has 0 aromatic carbocycles. The highest BCUT2D eigenvalue weighted by Crippen LogP contribution is 2.33. The molecule has 0 bridgehead atoms. The maximum absolute atomic E-state index is 6.05. The van der Waals surface area contributed by atoms with E-state index in [9.17, 15) is 0 Å². The summed E-state index contributed by atoms with van der Waals surface area (Å²) in [5, 5.41) is 10.8. The maximum Gasteiger partial charge on any atom is 0.123 e. The molecule has 0 radical (unpaired) electrons. The number of nitrogen functional groups attached to an aromatic ring is 1. The SMILES string of the molecule is CCn1nc(C)c(N)c1Sc1cc(C)nn1C. The largest absolute Gasteiger partial charge is 0.395 e. The lowest BCUT2D eigenvalue weighted by atomic mass is 10.4. The number of anilines is 1. The molecule has 0 amide bonds. The van der Waals surface area contributed by atoms with Crippen LogP contribution in [0.5, 0.6) is 0 Å². The van der Waals surface area contributed by atoms with Crippen LogP contribution in [0.1, 0.15) is 18.3 Å². The third-order valence-corrected chi connectivity index (χ3v) is 3.80. The number of aryl methyl sites for hydroxylation is 4. The number of aromatic nitrogens is 4. The van der Waals surface area contributed by atoms with Crippen molar-refractivity contribution in [2.75, 3.05) is 5.73 Å². The van der Waals surface area contributed by atoms with Crippen molar-refractivity contribution in [3.8, 4) is 0 Å². The van der Waals surface area contributed by atoms with Crippen molar-refractivity contribution >= 4 is 17.4 Å². The fourth-order valence-corrected chi connectivity index (χ4v) is 2.81. The van der Waals surface area contributed by atoms with E-state index < -0.39 is 0 Å². The smallest absolute Gasteiger partial charge is 0.123 e. The molecule has 2 aromatic rings. The van der Waals surface area contributed by atoms with Gasteiger partial charge in [0.05, 0.1) is 17.1 Å². The summed E-state index contributed by atoms with van der Waals surface area (Å²) in [6.07, 6.45) is 0. The van der Waals surface area contributed by atoms with Crippen LogP contribution in [-0.2, 0) is 13.6 Å². The molecule has 6 heteroatoms. The van der Waals surface area contributed by atoms with E-state index >= 15 is 0 Å². The topological polar surface area (TPSA) is 61.7 Å². The van der Waals surface area contributed by atoms with Crippen LogP contribution in [0.15, 0.2) is 16.1 Å². The first-order valence-electron chi connectivity index (χ1n) is 5.54. The van der Waals surface area contributed by atoms with E-state index in [1.807, 2.05) is 36.3 Å². The maximum atomic E-state index is 6.05. The van der Waals surface area contributed by atoms with E-state index in [4.69, 9.17) is 5.73 Å². The Labute approximate surface area is 105 Å². The molecule has 2 N–H and O–H groups in total. The molecule has 2 heterocycles. The fraction of sp³-hybridized carbons (Fsp3) is 0.455. The molecule has 2 aromatic heterocycles. The van der Waals surface area contributed by atoms with Gasteiger partial charge in [0, 0.05) is 13.6 Å². The van der Waals surface area contributed by atoms with E-state index in [0.717, 1.165) is 33.7 Å². The van der Waals surface area contributed by atoms with Gasteiger partial charge in [0.25, 0.3) is 0 Å². The molecule has 0 fully saturated rings. The molecule has 0 saturated heterocycles. The lowest BCUT2D eigenvalue weighted by Crippen LogP contribution is -2.00. The van der Waals surface area contributed by atoms with Gasteiger partial charge in [-0.1, -0.05) is 0 Å². The predicted molar refractivity (Wildman–Crippen MR) is 69.1 cm³/mol. The zero-order valence-corrected chi connectivity index (χ0v) is 11.4. The average Bonchev–Trinajstić information content (AvgIpc) is 2.73. The van der Waals surface area contributed by atoms with Gasteiger partial charge in [-0.3, -0.25) is 9.36 Å². The standard InChI is InChI=1S/C11H17N5S/c1-5-16-11(10(12)8(3)14-16)17-9-6-7(2)13-15(9)4/h6H,5,12H2,1-4H3. The van der Waals surface area contributed by atoms with Crippen LogP contribution >= 0.6 is 11.8 Å². The van der Waals surface area contributed by atoms with Crippen molar-refractivity contribution in [3.63, 3.8) is 0 Å². The summed E-state index contributed by atoms with van der Waals surface area (Å²) in [6.45, 7) is 6.79. The number of nitrogens with two attached hydrogens (primary N) is 1. The third kappa shape index (κ3) is 2.17. The molecule has 0 spiro atoms. The Kier molecular flexibility index (Phi) is 3.15. The van der Waals surface area contributed by atoms with Crippen LogP contribution in [-0.4, -0.2) is 19.6 Å². The lowest BCUT2D eigenvalue weighted by molar-refractivity contribution is 0.600. The summed E-state index contributed by atoms with van der Waals surface area (Å²) in [7, 11) is 1.94. The first-order valence-corrected chi connectivity index (χ1v) is 6.36. The molecule has 0 aliphatic heterocycles. The summed E-state index contributed by atoms with van der Waals surface area (Å²) in [6, 6.07) is 2.05. The molecular formula is C11H17N5S. The molecule has 17 heavy (non-hydrogen) atoms. The van der Waals surface area contributed by atoms with Gasteiger partial charge < -0.3 is 5.73 Å². The first kappa shape index (κ1) is 12.0. The Bertz CT molecular complexity index is 540. The van der Waals surface area contributed by atoms with Crippen molar-refractivity contribution < 1.29 is 0 Å². The average molecular weight is 251 g/mol. The van der Waals surface area contributed by atoms with Crippen LogP contribution in [0.3, 0.4) is 0 Å². The van der Waals surface area contributed by atoms with E-state index in [1.54, 1.807) is 11.8 Å². The molecule has 0 aliphatic carbocycles. The van der Waals surface area contributed by atoms with Crippen LogP contribution in [0.2, 0.25) is 0 Å². The highest BCUT2D eigenvalue weighted by atomic mass is 32.2. The second kappa shape index (κ2) is 4.44. The minimum atomic E-state index is 0.760. The second-order valence-corrected chi connectivity index (χ2v) is 4.98. The monoisotopic (exact) mass is 251 g/mol. The molecule has 0 unspecified atom stereocenters. The summed E-state index contributed by atoms with van der Waals surface area (Å²) in [5.74, 6) is 0. The first-order chi connectivity index (χ1) is 8.02. The van der Waals surface area contributed by atoms with Gasteiger partial charge in [-0.15, -0.1) is 0 Å². The number of hydrogen-bond donors (Lipinski definition) is 1. The van der Waals surface area contributed by atoms with Crippen LogP contribution in [0.4, 0.5) is 5.69 Å². The zero-order chi connectivity index (χ0) is 12.6. The van der Waals surface area contributed by atoms with Crippen LogP contribution in [0, 0.1) is 13.8 Å². The number of nitrogens with zero attached hydrogens (tertiary/aromatic N) is 4. The molecule has 0 aliphatic rings. The van der Waals surface area contributed by atoms with Crippen molar-refractivity contribution in [2.24, 2.45) is 7.05 Å². The number of hydrogen-bond acceptors (Lipinski definition) is 4. The molecule has 92 valence electrons. The van der Waals surface area contributed by atoms with E-state index in [0.29, 0.717) is 0 Å². The third-order valence-electron chi connectivity index (χ3n) is 2.59. The fourth-order valence-electron chi connectivity index (χ4n) is 1.68. The molecular weight excluding hydrogens is 234 g/mol. The Balaban J connectivity index is 2.38. The van der Waals surface area contributed by atoms with Crippen molar-refractivity contribution in [1.82, 2.24) is 19.6 Å². The summed E-state index contributed by atoms with van der Waals surface area (Å²) < 4.78 is 3.79. The summed E-state index contributed by atoms with van der Waals surface area (Å²) >= 11 is 1.61. The second-order valence-electron chi connectivity index (χ2n) is 3.97. The predicted octanol–water partition coefficient (Wildman–Crippen LogP) is 1.99. The van der Waals surface area contributed by atoms with Crippen molar-refractivity contribution in [2.45, 2.75) is 37.4 Å². The Hall–Kier alpha value is -1.43. The minimum Gasteiger partial charge on any atom is -0.395 e. The molecule has 2 rings (SSSR count). The minimum absolute atomic E-state index is 0.760. The number of rotatable bonds is 3. The summed E-state index contributed by atoms with van der Waals surface area (Å²) in [4.78, 5) is 0.